The third-order valence-electron chi connectivity index (χ3n) is 1.61. The van der Waals surface area contributed by atoms with Crippen LogP contribution in [-0.4, -0.2) is 22.5 Å². The summed E-state index contributed by atoms with van der Waals surface area (Å²) in [5, 5.41) is 10.4. The van der Waals surface area contributed by atoms with Crippen LogP contribution in [0.15, 0.2) is 16.6 Å². The Bertz CT molecular complexity index is 412. The molecule has 12 heavy (non-hydrogen) atoms. The molecule has 62 valence electrons. The highest BCUT2D eigenvalue weighted by molar-refractivity contribution is 9.10. The molecule has 0 saturated carbocycles. The molecule has 0 aliphatic carbocycles. The number of aromatic amines is 1. The molecule has 5 heteroatoms. The van der Waals surface area contributed by atoms with Crippen LogP contribution in [0.25, 0.3) is 11.0 Å². The molecular weight excluding hydrogens is 222 g/mol. The van der Waals surface area contributed by atoms with Gasteiger partial charge in [-0.1, -0.05) is 0 Å². The zero-order valence-electron chi connectivity index (χ0n) is 6.34. The number of nitrogens with zero attached hydrogens (tertiary/aromatic N) is 2. The van der Waals surface area contributed by atoms with Crippen molar-refractivity contribution in [3.05, 3.63) is 16.6 Å². The first kappa shape index (κ1) is 7.54. The van der Waals surface area contributed by atoms with Gasteiger partial charge in [-0.05, 0) is 28.1 Å². The molecule has 1 N–H and O–H groups in total. The number of fused-ring (bicyclic) bond motifs is 1. The van der Waals surface area contributed by atoms with Gasteiger partial charge in [0.1, 0.15) is 16.8 Å². The van der Waals surface area contributed by atoms with Crippen molar-refractivity contribution in [2.75, 3.05) is 7.11 Å². The number of methoxy groups -OCH3 is 1. The summed E-state index contributed by atoms with van der Waals surface area (Å²) in [6.07, 6.45) is 0. The van der Waals surface area contributed by atoms with E-state index in [0.29, 0.717) is 0 Å². The highest BCUT2D eigenvalue weighted by Crippen LogP contribution is 2.30. The molecule has 2 rings (SSSR count). The molecular formula is C7H6BrN3O. The summed E-state index contributed by atoms with van der Waals surface area (Å²) in [5.74, 6) is 0.761. The van der Waals surface area contributed by atoms with Crippen LogP contribution in [0.2, 0.25) is 0 Å². The lowest BCUT2D eigenvalue weighted by atomic mass is 10.3. The smallest absolute Gasteiger partial charge is 0.135 e. The van der Waals surface area contributed by atoms with Crippen LogP contribution in [0.4, 0.5) is 0 Å². The predicted molar refractivity (Wildman–Crippen MR) is 48.1 cm³/mol. The van der Waals surface area contributed by atoms with E-state index < -0.39 is 0 Å². The molecule has 0 radical (unpaired) electrons. The van der Waals surface area contributed by atoms with E-state index in [1.54, 1.807) is 7.11 Å². The largest absolute Gasteiger partial charge is 0.495 e. The van der Waals surface area contributed by atoms with Crippen LogP contribution < -0.4 is 4.74 Å². The van der Waals surface area contributed by atoms with Crippen LogP contribution in [0.5, 0.6) is 5.75 Å². The van der Waals surface area contributed by atoms with E-state index in [0.717, 1.165) is 21.3 Å². The van der Waals surface area contributed by atoms with Gasteiger partial charge >= 0.3 is 0 Å². The van der Waals surface area contributed by atoms with Gasteiger partial charge in [-0.3, -0.25) is 0 Å². The van der Waals surface area contributed by atoms with E-state index in [-0.39, 0.29) is 0 Å². The summed E-state index contributed by atoms with van der Waals surface area (Å²) in [6.45, 7) is 0. The maximum atomic E-state index is 5.09. The minimum atomic E-state index is 0.761. The Hall–Kier alpha value is -1.10. The minimum Gasteiger partial charge on any atom is -0.495 e. The lowest BCUT2D eigenvalue weighted by molar-refractivity contribution is 0.413. The Kier molecular flexibility index (Phi) is 1.73. The van der Waals surface area contributed by atoms with Gasteiger partial charge in [0.05, 0.1) is 11.6 Å². The fourth-order valence-electron chi connectivity index (χ4n) is 1.02. The molecule has 0 spiro atoms. The van der Waals surface area contributed by atoms with E-state index in [9.17, 15) is 0 Å². The van der Waals surface area contributed by atoms with Crippen molar-refractivity contribution < 1.29 is 4.74 Å². The summed E-state index contributed by atoms with van der Waals surface area (Å²) in [7, 11) is 1.62. The molecule has 4 nitrogen and oxygen atoms in total. The first-order chi connectivity index (χ1) is 5.83. The SMILES string of the molecule is COc1ccc2n[nH]nc2c1Br. The molecule has 1 aromatic carbocycles. The summed E-state index contributed by atoms with van der Waals surface area (Å²) >= 11 is 3.37. The van der Waals surface area contributed by atoms with Crippen molar-refractivity contribution in [1.29, 1.82) is 0 Å². The Morgan fingerprint density at radius 3 is 3.00 bits per heavy atom. The molecule has 1 heterocycles. The van der Waals surface area contributed by atoms with Crippen LogP contribution in [-0.2, 0) is 0 Å². The average molecular weight is 228 g/mol. The van der Waals surface area contributed by atoms with Gasteiger partial charge in [-0.15, -0.1) is 0 Å². The molecule has 2 aromatic rings. The first-order valence-corrected chi connectivity index (χ1v) is 4.15. The third-order valence-corrected chi connectivity index (χ3v) is 2.38. The van der Waals surface area contributed by atoms with E-state index >= 15 is 0 Å². The van der Waals surface area contributed by atoms with Gasteiger partial charge in [0.15, 0.2) is 0 Å². The highest BCUT2D eigenvalue weighted by atomic mass is 79.9. The Balaban J connectivity index is 2.78. The van der Waals surface area contributed by atoms with Crippen molar-refractivity contribution in [2.24, 2.45) is 0 Å². The maximum absolute atomic E-state index is 5.09. The molecule has 0 aliphatic rings. The lowest BCUT2D eigenvalue weighted by Gasteiger charge is -2.00. The number of halogens is 1. The van der Waals surface area contributed by atoms with Gasteiger partial charge in [0.2, 0.25) is 0 Å². The van der Waals surface area contributed by atoms with Crippen LogP contribution in [0, 0.1) is 0 Å². The quantitative estimate of drug-likeness (QED) is 0.808. The number of nitrogens with one attached hydrogen (secondary N) is 1. The van der Waals surface area contributed by atoms with Gasteiger partial charge in [0, 0.05) is 0 Å². The van der Waals surface area contributed by atoms with E-state index in [1.807, 2.05) is 12.1 Å². The lowest BCUT2D eigenvalue weighted by Crippen LogP contribution is -1.84. The monoisotopic (exact) mass is 227 g/mol. The fraction of sp³-hybridized carbons (Fsp3) is 0.143. The Labute approximate surface area is 77.0 Å². The fourth-order valence-corrected chi connectivity index (χ4v) is 1.60. The van der Waals surface area contributed by atoms with Gasteiger partial charge < -0.3 is 4.74 Å². The third kappa shape index (κ3) is 0.972. The molecule has 0 amide bonds. The second-order valence-corrected chi connectivity index (χ2v) is 3.07. The normalized spacial score (nSPS) is 10.5. The molecule has 0 unspecified atom stereocenters. The van der Waals surface area contributed by atoms with Crippen molar-refractivity contribution in [3.63, 3.8) is 0 Å². The van der Waals surface area contributed by atoms with Crippen molar-refractivity contribution in [2.45, 2.75) is 0 Å². The summed E-state index contributed by atoms with van der Waals surface area (Å²) in [6, 6.07) is 3.69. The minimum absolute atomic E-state index is 0.761. The second-order valence-electron chi connectivity index (χ2n) is 2.27. The van der Waals surface area contributed by atoms with Crippen molar-refractivity contribution in [1.82, 2.24) is 15.4 Å². The molecule has 0 atom stereocenters. The van der Waals surface area contributed by atoms with Crippen molar-refractivity contribution in [3.8, 4) is 5.75 Å². The molecule has 0 fully saturated rings. The maximum Gasteiger partial charge on any atom is 0.135 e. The van der Waals surface area contributed by atoms with Crippen LogP contribution in [0.3, 0.4) is 0 Å². The molecule has 0 aliphatic heterocycles. The number of aromatic nitrogens is 3. The standard InChI is InChI=1S/C7H6BrN3O/c1-12-5-3-2-4-7(6(5)8)10-11-9-4/h2-3H,1H3,(H,9,10,11). The van der Waals surface area contributed by atoms with Gasteiger partial charge in [0.25, 0.3) is 0 Å². The average Bonchev–Trinajstić information content (AvgIpc) is 2.53. The number of hydrogen-bond acceptors (Lipinski definition) is 3. The first-order valence-electron chi connectivity index (χ1n) is 3.36. The zero-order chi connectivity index (χ0) is 8.55. The van der Waals surface area contributed by atoms with Gasteiger partial charge in [-0.2, -0.15) is 15.4 Å². The van der Waals surface area contributed by atoms with Crippen LogP contribution >= 0.6 is 15.9 Å². The molecule has 1 aromatic heterocycles. The summed E-state index contributed by atoms with van der Waals surface area (Å²) in [4.78, 5) is 0. The number of ether oxygens (including phenoxy) is 1. The highest BCUT2D eigenvalue weighted by Gasteiger charge is 2.07. The Morgan fingerprint density at radius 2 is 2.25 bits per heavy atom. The number of H-pyrrole nitrogens is 1. The van der Waals surface area contributed by atoms with E-state index in [4.69, 9.17) is 4.74 Å². The van der Waals surface area contributed by atoms with E-state index in [1.165, 1.54) is 0 Å². The zero-order valence-corrected chi connectivity index (χ0v) is 7.92. The molecule has 0 bridgehead atoms. The summed E-state index contributed by atoms with van der Waals surface area (Å²) < 4.78 is 5.92. The Morgan fingerprint density at radius 1 is 1.42 bits per heavy atom. The number of hydrogen-bond donors (Lipinski definition) is 1. The van der Waals surface area contributed by atoms with Crippen molar-refractivity contribution >= 4 is 27.0 Å². The van der Waals surface area contributed by atoms with Gasteiger partial charge in [-0.25, -0.2) is 0 Å². The second kappa shape index (κ2) is 2.75. The number of benzene rings is 1. The summed E-state index contributed by atoms with van der Waals surface area (Å²) in [5.41, 5.74) is 1.61. The van der Waals surface area contributed by atoms with Crippen LogP contribution in [0.1, 0.15) is 0 Å². The van der Waals surface area contributed by atoms with E-state index in [2.05, 4.69) is 31.3 Å². The molecule has 0 saturated heterocycles. The topological polar surface area (TPSA) is 50.8 Å². The number of rotatable bonds is 1. The predicted octanol–water partition coefficient (Wildman–Crippen LogP) is 1.73.